The molecule has 3 amide bonds. The average Bonchev–Trinajstić information content (AvgIpc) is 3.50. The van der Waals surface area contributed by atoms with E-state index in [1.54, 1.807) is 4.90 Å². The lowest BCUT2D eigenvalue weighted by Crippen LogP contribution is -2.56. The minimum absolute atomic E-state index is 0.0140. The molecule has 8 heteroatoms. The fourth-order valence-corrected chi connectivity index (χ4v) is 4.15. The van der Waals surface area contributed by atoms with Crippen molar-refractivity contribution >= 4 is 11.9 Å². The lowest BCUT2D eigenvalue weighted by Gasteiger charge is -2.34. The number of urea groups is 1. The third-order valence-corrected chi connectivity index (χ3v) is 6.80. The van der Waals surface area contributed by atoms with Gasteiger partial charge in [0.1, 0.15) is 11.6 Å². The second kappa shape index (κ2) is 6.85. The van der Waals surface area contributed by atoms with E-state index in [1.807, 2.05) is 6.07 Å². The topological polar surface area (TPSA) is 85.2 Å². The van der Waals surface area contributed by atoms with Crippen molar-refractivity contribution in [3.05, 3.63) is 0 Å². The molecule has 1 aliphatic heterocycles. The minimum Gasteiger partial charge on any atom is -0.336 e. The second-order valence-corrected chi connectivity index (χ2v) is 9.38. The summed E-state index contributed by atoms with van der Waals surface area (Å²) < 4.78 is 28.9. The van der Waals surface area contributed by atoms with Crippen LogP contribution in [0.25, 0.3) is 0 Å². The lowest BCUT2D eigenvalue weighted by atomic mass is 9.94. The number of rotatable bonds is 7. The van der Waals surface area contributed by atoms with E-state index >= 15 is 0 Å². The van der Waals surface area contributed by atoms with E-state index in [9.17, 15) is 23.6 Å². The zero-order chi connectivity index (χ0) is 20.0. The fraction of sp³-hybridized carbons (Fsp3) is 0.850. The third-order valence-electron chi connectivity index (χ3n) is 6.80. The maximum absolute atomic E-state index is 14.4. The van der Waals surface area contributed by atoms with Gasteiger partial charge in [-0.15, -0.1) is 0 Å². The van der Waals surface area contributed by atoms with Crippen LogP contribution in [0.3, 0.4) is 0 Å². The summed E-state index contributed by atoms with van der Waals surface area (Å²) in [6.07, 6.45) is 5.94. The van der Waals surface area contributed by atoms with Gasteiger partial charge in [0.05, 0.1) is 6.07 Å². The first-order valence-electron chi connectivity index (χ1n) is 10.4. The second-order valence-electron chi connectivity index (χ2n) is 9.38. The highest BCUT2D eigenvalue weighted by molar-refractivity contribution is 5.88. The smallest absolute Gasteiger partial charge is 0.318 e. The highest BCUT2D eigenvalue weighted by Crippen LogP contribution is 2.53. The first kappa shape index (κ1) is 19.4. The summed E-state index contributed by atoms with van der Waals surface area (Å²) >= 11 is 0. The zero-order valence-corrected chi connectivity index (χ0v) is 16.1. The van der Waals surface area contributed by atoms with Gasteiger partial charge in [-0.1, -0.05) is 0 Å². The van der Waals surface area contributed by atoms with Crippen LogP contribution in [0, 0.1) is 22.7 Å². The molecule has 154 valence electrons. The van der Waals surface area contributed by atoms with Crippen LogP contribution in [-0.2, 0) is 4.79 Å². The molecule has 4 aliphatic rings. The van der Waals surface area contributed by atoms with Gasteiger partial charge in [0.2, 0.25) is 5.91 Å². The van der Waals surface area contributed by atoms with Crippen molar-refractivity contribution in [3.8, 4) is 6.07 Å². The normalized spacial score (nSPS) is 25.5. The van der Waals surface area contributed by atoms with Crippen molar-refractivity contribution < 1.29 is 18.4 Å². The summed E-state index contributed by atoms with van der Waals surface area (Å²) in [5, 5.41) is 14.3. The predicted octanol–water partition coefficient (Wildman–Crippen LogP) is 2.94. The van der Waals surface area contributed by atoms with Crippen LogP contribution in [0.2, 0.25) is 0 Å². The number of nitrogens with one attached hydrogen (secondary N) is 2. The van der Waals surface area contributed by atoms with Gasteiger partial charge in [0.25, 0.3) is 5.92 Å². The van der Waals surface area contributed by atoms with Gasteiger partial charge in [0.15, 0.2) is 0 Å². The molecule has 1 saturated heterocycles. The maximum atomic E-state index is 14.4. The lowest BCUT2D eigenvalue weighted by molar-refractivity contribution is -0.126. The number of carbonyl (C=O) groups excluding carboxylic acids is 2. The van der Waals surface area contributed by atoms with E-state index in [2.05, 4.69) is 10.6 Å². The van der Waals surface area contributed by atoms with E-state index in [4.69, 9.17) is 0 Å². The summed E-state index contributed by atoms with van der Waals surface area (Å²) in [4.78, 5) is 26.9. The van der Waals surface area contributed by atoms with Crippen molar-refractivity contribution in [2.24, 2.45) is 11.3 Å². The Bertz CT molecular complexity index is 683. The van der Waals surface area contributed by atoms with Crippen molar-refractivity contribution in [3.63, 3.8) is 0 Å². The minimum atomic E-state index is -3.01. The van der Waals surface area contributed by atoms with Crippen molar-refractivity contribution in [2.75, 3.05) is 13.1 Å². The van der Waals surface area contributed by atoms with Crippen molar-refractivity contribution in [2.45, 2.75) is 81.7 Å². The molecule has 6 nitrogen and oxygen atoms in total. The van der Waals surface area contributed by atoms with Gasteiger partial charge in [0, 0.05) is 25.9 Å². The number of carbonyl (C=O) groups is 2. The number of hydrogen-bond acceptors (Lipinski definition) is 3. The zero-order valence-electron chi connectivity index (χ0n) is 16.1. The number of hydrogen-bond donors (Lipinski definition) is 2. The van der Waals surface area contributed by atoms with E-state index in [0.717, 1.165) is 25.7 Å². The van der Waals surface area contributed by atoms with Crippen LogP contribution in [0.15, 0.2) is 0 Å². The molecule has 3 aliphatic carbocycles. The van der Waals surface area contributed by atoms with Crippen LogP contribution in [0.1, 0.15) is 64.2 Å². The van der Waals surface area contributed by atoms with Gasteiger partial charge in [-0.05, 0) is 62.7 Å². The fourth-order valence-electron chi connectivity index (χ4n) is 4.15. The van der Waals surface area contributed by atoms with E-state index in [0.29, 0.717) is 31.3 Å². The summed E-state index contributed by atoms with van der Waals surface area (Å²) in [6, 6.07) is 0.245. The molecule has 0 unspecified atom stereocenters. The summed E-state index contributed by atoms with van der Waals surface area (Å²) in [5.41, 5.74) is -0.550. The number of halogens is 2. The molecule has 4 rings (SSSR count). The molecule has 0 aromatic carbocycles. The molecule has 2 N–H and O–H groups in total. The third kappa shape index (κ3) is 4.56. The molecule has 4 fully saturated rings. The van der Waals surface area contributed by atoms with E-state index < -0.39 is 35.9 Å². The Balaban J connectivity index is 1.38. The molecule has 1 atom stereocenters. The Morgan fingerprint density at radius 1 is 1.14 bits per heavy atom. The Morgan fingerprint density at radius 2 is 1.79 bits per heavy atom. The van der Waals surface area contributed by atoms with Crippen molar-refractivity contribution in [1.82, 2.24) is 15.5 Å². The van der Waals surface area contributed by atoms with Crippen LogP contribution in [0.4, 0.5) is 13.6 Å². The Kier molecular flexibility index (Phi) is 4.75. The number of piperidine rings is 1. The molecule has 28 heavy (non-hydrogen) atoms. The maximum Gasteiger partial charge on any atom is 0.318 e. The molecule has 3 saturated carbocycles. The summed E-state index contributed by atoms with van der Waals surface area (Å²) in [5.74, 6) is -3.68. The molecule has 1 heterocycles. The van der Waals surface area contributed by atoms with Crippen molar-refractivity contribution in [1.29, 1.82) is 5.26 Å². The average molecular weight is 394 g/mol. The highest BCUT2D eigenvalue weighted by atomic mass is 19.3. The number of nitriles is 1. The van der Waals surface area contributed by atoms with Gasteiger partial charge in [-0.25, -0.2) is 13.6 Å². The van der Waals surface area contributed by atoms with Crippen LogP contribution in [0.5, 0.6) is 0 Å². The largest absolute Gasteiger partial charge is 0.336 e. The number of nitrogens with zero attached hydrogens (tertiary/aromatic N) is 2. The summed E-state index contributed by atoms with van der Waals surface area (Å²) in [7, 11) is 0. The Hall–Kier alpha value is -1.91. The molecule has 0 aromatic heterocycles. The standard InChI is InChI=1S/C20H28F2N4O2/c21-20(22,11-14-1-2-14)12-15(16(27)25-19(13-23)5-6-19)24-17(28)26-9-7-18(3-4-18)8-10-26/h14-15H,1-12H2,(H,24,28)(H,25,27)/t15-/m0/s1. The van der Waals surface area contributed by atoms with Crippen LogP contribution < -0.4 is 10.6 Å². The van der Waals surface area contributed by atoms with Gasteiger partial charge in [-0.2, -0.15) is 5.26 Å². The predicted molar refractivity (Wildman–Crippen MR) is 97.4 cm³/mol. The van der Waals surface area contributed by atoms with Gasteiger partial charge in [-0.3, -0.25) is 4.79 Å². The molecule has 0 aromatic rings. The molecule has 0 bridgehead atoms. The van der Waals surface area contributed by atoms with Crippen LogP contribution >= 0.6 is 0 Å². The highest BCUT2D eigenvalue weighted by Gasteiger charge is 2.48. The summed E-state index contributed by atoms with van der Waals surface area (Å²) in [6.45, 7) is 1.20. The van der Waals surface area contributed by atoms with E-state index in [1.165, 1.54) is 12.8 Å². The number of likely N-dealkylation sites (tertiary alicyclic amines) is 1. The number of amides is 3. The first-order chi connectivity index (χ1) is 13.2. The SMILES string of the molecule is N#CC1(NC(=O)[C@H](CC(F)(F)CC2CC2)NC(=O)N2CCC3(CC2)CC3)CC1. The van der Waals surface area contributed by atoms with Gasteiger partial charge < -0.3 is 15.5 Å². The first-order valence-corrected chi connectivity index (χ1v) is 10.4. The number of alkyl halides is 2. The Morgan fingerprint density at radius 3 is 2.29 bits per heavy atom. The monoisotopic (exact) mass is 394 g/mol. The molecular weight excluding hydrogens is 366 g/mol. The molecule has 0 radical (unpaired) electrons. The van der Waals surface area contributed by atoms with Crippen LogP contribution in [-0.4, -0.2) is 47.4 Å². The Labute approximate surface area is 164 Å². The molecular formula is C20H28F2N4O2. The quantitative estimate of drug-likeness (QED) is 0.696. The van der Waals surface area contributed by atoms with Gasteiger partial charge >= 0.3 is 6.03 Å². The van der Waals surface area contributed by atoms with E-state index in [-0.39, 0.29) is 12.3 Å². The molecule has 1 spiro atoms.